The number of nitrogens with zero attached hydrogens (tertiary/aromatic N) is 2. The number of rotatable bonds is 5. The number of nitrogens with one attached hydrogen (secondary N) is 1. The lowest BCUT2D eigenvalue weighted by atomic mass is 9.83. The van der Waals surface area contributed by atoms with Crippen molar-refractivity contribution in [3.63, 3.8) is 0 Å². The topological polar surface area (TPSA) is 51.0 Å². The Morgan fingerprint density at radius 1 is 1.29 bits per heavy atom. The predicted octanol–water partition coefficient (Wildman–Crippen LogP) is 2.83. The van der Waals surface area contributed by atoms with Crippen LogP contribution in [-0.4, -0.2) is 16.2 Å². The van der Waals surface area contributed by atoms with E-state index in [1.807, 2.05) is 6.92 Å². The van der Waals surface area contributed by atoms with Gasteiger partial charge in [-0.2, -0.15) is 4.98 Å². The molecular weight excluding hydrogens is 214 g/mol. The van der Waals surface area contributed by atoms with Crippen LogP contribution in [0.1, 0.15) is 57.2 Å². The summed E-state index contributed by atoms with van der Waals surface area (Å²) < 4.78 is 4.95. The molecule has 1 aliphatic rings. The zero-order valence-corrected chi connectivity index (χ0v) is 10.9. The molecule has 1 aliphatic carbocycles. The zero-order chi connectivity index (χ0) is 12.1. The number of hydrogen-bond acceptors (Lipinski definition) is 4. The van der Waals surface area contributed by atoms with Gasteiger partial charge in [0.1, 0.15) is 0 Å². The molecule has 0 unspecified atom stereocenters. The summed E-state index contributed by atoms with van der Waals surface area (Å²) >= 11 is 0. The van der Waals surface area contributed by atoms with Gasteiger partial charge in [-0.15, -0.1) is 0 Å². The number of aryl methyl sites for hydroxylation is 1. The average molecular weight is 237 g/mol. The average Bonchev–Trinajstić information content (AvgIpc) is 2.75. The smallest absolute Gasteiger partial charge is 0.223 e. The molecular formula is C13H23N3O. The minimum Gasteiger partial charge on any atom is -0.340 e. The lowest BCUT2D eigenvalue weighted by Gasteiger charge is -2.28. The predicted molar refractivity (Wildman–Crippen MR) is 66.5 cm³/mol. The minimum absolute atomic E-state index is 0.641. The molecule has 1 saturated carbocycles. The highest BCUT2D eigenvalue weighted by atomic mass is 16.5. The monoisotopic (exact) mass is 237 g/mol. The summed E-state index contributed by atoms with van der Waals surface area (Å²) in [4.78, 5) is 4.20. The molecule has 0 radical (unpaired) electrons. The molecule has 0 aromatic carbocycles. The van der Waals surface area contributed by atoms with Gasteiger partial charge in [-0.3, -0.25) is 0 Å². The molecule has 1 aromatic heterocycles. The summed E-state index contributed by atoms with van der Waals surface area (Å²) in [6.45, 7) is 4.84. The molecule has 96 valence electrons. The maximum atomic E-state index is 4.95. The first kappa shape index (κ1) is 12.6. The summed E-state index contributed by atoms with van der Waals surface area (Å²) in [6.07, 6.45) is 8.05. The molecule has 1 fully saturated rings. The second kappa shape index (κ2) is 6.15. The quantitative estimate of drug-likeness (QED) is 0.855. The van der Waals surface area contributed by atoms with Crippen molar-refractivity contribution in [1.29, 1.82) is 0 Å². The van der Waals surface area contributed by atoms with Crippen molar-refractivity contribution >= 4 is 0 Å². The fourth-order valence-corrected chi connectivity index (χ4v) is 2.71. The Bertz CT molecular complexity index is 329. The first-order chi connectivity index (χ1) is 8.28. The minimum atomic E-state index is 0.641. The second-order valence-corrected chi connectivity index (χ2v) is 5.12. The van der Waals surface area contributed by atoms with Crippen LogP contribution < -0.4 is 5.32 Å². The summed E-state index contributed by atoms with van der Waals surface area (Å²) in [6, 6.07) is 0.641. The zero-order valence-electron chi connectivity index (χ0n) is 10.9. The van der Waals surface area contributed by atoms with Gasteiger partial charge < -0.3 is 9.84 Å². The van der Waals surface area contributed by atoms with Crippen LogP contribution in [0.2, 0.25) is 0 Å². The maximum Gasteiger partial charge on any atom is 0.223 e. The molecule has 0 atom stereocenters. The van der Waals surface area contributed by atoms with Gasteiger partial charge in [-0.05, 0) is 31.6 Å². The lowest BCUT2D eigenvalue weighted by molar-refractivity contribution is 0.275. The highest BCUT2D eigenvalue weighted by molar-refractivity contribution is 4.85. The molecule has 1 heterocycles. The molecule has 0 bridgehead atoms. The Kier molecular flexibility index (Phi) is 4.54. The molecule has 0 aliphatic heterocycles. The van der Waals surface area contributed by atoms with E-state index in [2.05, 4.69) is 22.4 Å². The van der Waals surface area contributed by atoms with E-state index in [1.165, 1.54) is 38.5 Å². The van der Waals surface area contributed by atoms with E-state index >= 15 is 0 Å². The molecule has 4 heteroatoms. The van der Waals surface area contributed by atoms with Gasteiger partial charge in [-0.1, -0.05) is 24.9 Å². The molecule has 2 rings (SSSR count). The Morgan fingerprint density at radius 3 is 2.65 bits per heavy atom. The number of hydrogen-bond donors (Lipinski definition) is 1. The van der Waals surface area contributed by atoms with E-state index in [9.17, 15) is 0 Å². The van der Waals surface area contributed by atoms with Crippen LogP contribution in [0.15, 0.2) is 4.52 Å². The fourth-order valence-electron chi connectivity index (χ4n) is 2.71. The van der Waals surface area contributed by atoms with E-state index < -0.39 is 0 Å². The van der Waals surface area contributed by atoms with Crippen molar-refractivity contribution in [2.45, 2.75) is 65.0 Å². The third kappa shape index (κ3) is 3.80. The largest absolute Gasteiger partial charge is 0.340 e. The Hall–Kier alpha value is -0.900. The standard InChI is InChI=1S/C13H23N3O/c1-3-4-11-5-7-12(8-6-11)14-9-13-15-10(2)17-16-13/h11-12,14H,3-9H2,1-2H3. The normalized spacial score (nSPS) is 25.1. The summed E-state index contributed by atoms with van der Waals surface area (Å²) in [5.74, 6) is 2.39. The van der Waals surface area contributed by atoms with E-state index in [0.717, 1.165) is 18.3 Å². The summed E-state index contributed by atoms with van der Waals surface area (Å²) in [5, 5.41) is 7.42. The molecule has 0 amide bonds. The van der Waals surface area contributed by atoms with Gasteiger partial charge in [0.25, 0.3) is 0 Å². The van der Waals surface area contributed by atoms with Crippen molar-refractivity contribution in [1.82, 2.24) is 15.5 Å². The summed E-state index contributed by atoms with van der Waals surface area (Å²) in [7, 11) is 0. The third-order valence-corrected chi connectivity index (χ3v) is 3.66. The SMILES string of the molecule is CCCC1CCC(NCc2noc(C)n2)CC1. The summed E-state index contributed by atoms with van der Waals surface area (Å²) in [5.41, 5.74) is 0. The lowest BCUT2D eigenvalue weighted by Crippen LogP contribution is -2.33. The van der Waals surface area contributed by atoms with Crippen LogP contribution in [0.5, 0.6) is 0 Å². The molecule has 0 saturated heterocycles. The van der Waals surface area contributed by atoms with Crippen molar-refractivity contribution in [3.05, 3.63) is 11.7 Å². The molecule has 4 nitrogen and oxygen atoms in total. The highest BCUT2D eigenvalue weighted by Gasteiger charge is 2.20. The van der Waals surface area contributed by atoms with Gasteiger partial charge >= 0.3 is 0 Å². The molecule has 0 spiro atoms. The van der Waals surface area contributed by atoms with E-state index in [1.54, 1.807) is 0 Å². The van der Waals surface area contributed by atoms with E-state index in [4.69, 9.17) is 4.52 Å². The van der Waals surface area contributed by atoms with Crippen LogP contribution in [0.3, 0.4) is 0 Å². The van der Waals surface area contributed by atoms with Crippen LogP contribution in [0.4, 0.5) is 0 Å². The van der Waals surface area contributed by atoms with Crippen LogP contribution in [0.25, 0.3) is 0 Å². The van der Waals surface area contributed by atoms with Gasteiger partial charge in [0, 0.05) is 13.0 Å². The van der Waals surface area contributed by atoms with Crippen molar-refractivity contribution in [2.75, 3.05) is 0 Å². The van der Waals surface area contributed by atoms with Gasteiger partial charge in [0.15, 0.2) is 5.82 Å². The second-order valence-electron chi connectivity index (χ2n) is 5.12. The Labute approximate surface area is 103 Å². The van der Waals surface area contributed by atoms with E-state index in [0.29, 0.717) is 11.9 Å². The highest BCUT2D eigenvalue weighted by Crippen LogP contribution is 2.27. The van der Waals surface area contributed by atoms with Crippen LogP contribution >= 0.6 is 0 Å². The third-order valence-electron chi connectivity index (χ3n) is 3.66. The molecule has 1 N–H and O–H groups in total. The Morgan fingerprint density at radius 2 is 2.06 bits per heavy atom. The first-order valence-electron chi connectivity index (χ1n) is 6.80. The van der Waals surface area contributed by atoms with Crippen molar-refractivity contribution in [2.24, 2.45) is 5.92 Å². The van der Waals surface area contributed by atoms with Gasteiger partial charge in [-0.25, -0.2) is 0 Å². The fraction of sp³-hybridized carbons (Fsp3) is 0.846. The first-order valence-corrected chi connectivity index (χ1v) is 6.80. The van der Waals surface area contributed by atoms with Gasteiger partial charge in [0.05, 0.1) is 6.54 Å². The molecule has 1 aromatic rings. The van der Waals surface area contributed by atoms with Crippen molar-refractivity contribution < 1.29 is 4.52 Å². The maximum absolute atomic E-state index is 4.95. The Balaban J connectivity index is 1.68. The molecule has 17 heavy (non-hydrogen) atoms. The van der Waals surface area contributed by atoms with Gasteiger partial charge in [0.2, 0.25) is 5.89 Å². The van der Waals surface area contributed by atoms with Crippen LogP contribution in [0, 0.1) is 12.8 Å². The van der Waals surface area contributed by atoms with Crippen LogP contribution in [-0.2, 0) is 6.54 Å². The van der Waals surface area contributed by atoms with Crippen molar-refractivity contribution in [3.8, 4) is 0 Å². The number of aromatic nitrogens is 2. The van der Waals surface area contributed by atoms with E-state index in [-0.39, 0.29) is 0 Å².